The minimum Gasteiger partial charge on any atom is -0.479 e. The van der Waals surface area contributed by atoms with Crippen molar-refractivity contribution in [3.05, 3.63) is 22.1 Å². The van der Waals surface area contributed by atoms with Crippen LogP contribution in [0.25, 0.3) is 21.6 Å². The van der Waals surface area contributed by atoms with Gasteiger partial charge in [-0.3, -0.25) is 4.57 Å². The second kappa shape index (κ2) is 8.10. The van der Waals surface area contributed by atoms with Crippen molar-refractivity contribution in [2.24, 2.45) is 5.11 Å². The van der Waals surface area contributed by atoms with Gasteiger partial charge in [0.15, 0.2) is 23.8 Å². The van der Waals surface area contributed by atoms with E-state index in [1.165, 1.54) is 10.9 Å². The first kappa shape index (κ1) is 20.0. The Morgan fingerprint density at radius 1 is 1.57 bits per heavy atom. The maximum absolute atomic E-state index is 11.0. The molecule has 2 aromatic rings. The first-order valence-corrected chi connectivity index (χ1v) is 8.23. The smallest absolute Gasteiger partial charge is 0.335 e. The summed E-state index contributed by atoms with van der Waals surface area (Å²) in [6.45, 7) is -1.12. The van der Waals surface area contributed by atoms with Crippen LogP contribution >= 0.6 is 11.6 Å². The van der Waals surface area contributed by atoms with Crippen LogP contribution in [0, 0.1) is 0 Å². The van der Waals surface area contributed by atoms with Crippen molar-refractivity contribution in [2.75, 3.05) is 18.9 Å². The third-order valence-corrected chi connectivity index (χ3v) is 4.29. The summed E-state index contributed by atoms with van der Waals surface area (Å²) in [5, 5.41) is 31.9. The molecule has 2 aromatic heterocycles. The number of aliphatic carboxylic acids is 1. The maximum atomic E-state index is 11.0. The maximum Gasteiger partial charge on any atom is 0.335 e. The molecule has 0 amide bonds. The monoisotopic (exact) mass is 414 g/mol. The van der Waals surface area contributed by atoms with E-state index in [2.05, 4.69) is 25.0 Å². The summed E-state index contributed by atoms with van der Waals surface area (Å²) in [5.74, 6) is -1.35. The first-order valence-electron chi connectivity index (χ1n) is 7.86. The Kier molecular flexibility index (Phi) is 5.79. The molecule has 3 heterocycles. The Labute approximate surface area is 161 Å². The van der Waals surface area contributed by atoms with Crippen molar-refractivity contribution in [3.8, 4) is 0 Å². The summed E-state index contributed by atoms with van der Waals surface area (Å²) in [6.07, 6.45) is -3.64. The summed E-state index contributed by atoms with van der Waals surface area (Å²) in [5.41, 5.74) is 14.9. The van der Waals surface area contributed by atoms with Crippen molar-refractivity contribution in [3.63, 3.8) is 0 Å². The van der Waals surface area contributed by atoms with Crippen LogP contribution in [-0.4, -0.2) is 78.4 Å². The van der Waals surface area contributed by atoms with E-state index in [4.69, 9.17) is 42.6 Å². The van der Waals surface area contributed by atoms with E-state index in [1.54, 1.807) is 0 Å². The van der Waals surface area contributed by atoms with E-state index in [-0.39, 0.29) is 28.9 Å². The van der Waals surface area contributed by atoms with Gasteiger partial charge in [0.05, 0.1) is 31.7 Å². The summed E-state index contributed by atoms with van der Waals surface area (Å²) in [6, 6.07) is -1.10. The molecule has 5 N–H and O–H groups in total. The fourth-order valence-corrected chi connectivity index (χ4v) is 2.98. The fourth-order valence-electron chi connectivity index (χ4n) is 2.81. The van der Waals surface area contributed by atoms with Gasteiger partial charge in [-0.05, 0) is 17.1 Å². The molecule has 150 valence electrons. The first-order chi connectivity index (χ1) is 13.4. The molecule has 0 bridgehead atoms. The second-order valence-electron chi connectivity index (χ2n) is 5.80. The molecule has 2 unspecified atom stereocenters. The van der Waals surface area contributed by atoms with Crippen molar-refractivity contribution in [2.45, 2.75) is 30.6 Å². The molecule has 15 heteroatoms. The summed E-state index contributed by atoms with van der Waals surface area (Å²) in [7, 11) is 0. The molecule has 0 spiro atoms. The molecule has 14 nitrogen and oxygen atoms in total. The lowest BCUT2D eigenvalue weighted by atomic mass is 10.1. The minimum absolute atomic E-state index is 0.0277. The van der Waals surface area contributed by atoms with Gasteiger partial charge in [-0.25, -0.2) is 9.78 Å². The molecule has 3 rings (SSSR count). The summed E-state index contributed by atoms with van der Waals surface area (Å²) < 4.78 is 12.1. The van der Waals surface area contributed by atoms with Crippen LogP contribution < -0.4 is 5.73 Å². The molecule has 0 radical (unpaired) electrons. The van der Waals surface area contributed by atoms with E-state index in [0.29, 0.717) is 0 Å². The molecule has 0 saturated carbocycles. The zero-order valence-corrected chi connectivity index (χ0v) is 14.8. The normalized spacial score (nSPS) is 25.5. The number of anilines is 1. The summed E-state index contributed by atoms with van der Waals surface area (Å²) >= 11 is 5.82. The highest BCUT2D eigenvalue weighted by atomic mass is 35.5. The Bertz CT molecular complexity index is 933. The highest BCUT2D eigenvalue weighted by Gasteiger charge is 2.45. The number of hydrogen-bond donors (Lipinski definition) is 4. The third-order valence-electron chi connectivity index (χ3n) is 4.12. The number of aromatic nitrogens is 4. The van der Waals surface area contributed by atoms with E-state index >= 15 is 0 Å². The fraction of sp³-hybridized carbons (Fsp3) is 0.538. The van der Waals surface area contributed by atoms with Crippen LogP contribution in [0.2, 0.25) is 5.28 Å². The van der Waals surface area contributed by atoms with Gasteiger partial charge in [0.25, 0.3) is 0 Å². The number of hydrogen-bond acceptors (Lipinski definition) is 10. The van der Waals surface area contributed by atoms with Crippen molar-refractivity contribution in [1.29, 1.82) is 0 Å². The summed E-state index contributed by atoms with van der Waals surface area (Å²) in [4.78, 5) is 25.5. The topological polar surface area (TPSA) is 215 Å². The largest absolute Gasteiger partial charge is 0.479 e. The number of aliphatic hydroxyl groups is 2. The number of carboxylic acids is 1. The SMILES string of the molecule is [N-]=[N+]=NC1[C@@H](O)[C@H](n2cnc3c(N)nc(Cl)nc32)O[C@@H]1COC(CO)C(=O)O. The number of aliphatic hydroxyl groups excluding tert-OH is 2. The van der Waals surface area contributed by atoms with Crippen LogP contribution in [-0.2, 0) is 14.3 Å². The molecule has 1 fully saturated rings. The highest BCUT2D eigenvalue weighted by molar-refractivity contribution is 6.28. The van der Waals surface area contributed by atoms with Gasteiger partial charge in [-0.1, -0.05) is 5.11 Å². The van der Waals surface area contributed by atoms with Crippen LogP contribution in [0.15, 0.2) is 11.4 Å². The lowest BCUT2D eigenvalue weighted by molar-refractivity contribution is -0.156. The molecule has 1 saturated heterocycles. The van der Waals surface area contributed by atoms with Gasteiger partial charge >= 0.3 is 5.97 Å². The van der Waals surface area contributed by atoms with Gasteiger partial charge in [0.1, 0.15) is 11.6 Å². The number of carbonyl (C=O) groups is 1. The molecule has 1 aliphatic heterocycles. The Hall–Kier alpha value is -2.74. The number of azide groups is 1. The van der Waals surface area contributed by atoms with Gasteiger partial charge in [0, 0.05) is 4.91 Å². The number of halogens is 1. The number of ether oxygens (including phenoxy) is 2. The average molecular weight is 415 g/mol. The minimum atomic E-state index is -1.49. The van der Waals surface area contributed by atoms with Crippen LogP contribution in [0.4, 0.5) is 5.82 Å². The van der Waals surface area contributed by atoms with E-state index in [1.807, 2.05) is 0 Å². The van der Waals surface area contributed by atoms with Crippen molar-refractivity contribution in [1.82, 2.24) is 19.5 Å². The molecule has 28 heavy (non-hydrogen) atoms. The Balaban J connectivity index is 1.89. The Morgan fingerprint density at radius 2 is 2.32 bits per heavy atom. The number of nitrogens with zero attached hydrogens (tertiary/aromatic N) is 7. The molecular formula is C13H15ClN8O6. The quantitative estimate of drug-likeness (QED) is 0.196. The van der Waals surface area contributed by atoms with Gasteiger partial charge in [-0.15, -0.1) is 0 Å². The zero-order chi connectivity index (χ0) is 20.4. The Morgan fingerprint density at radius 3 is 2.96 bits per heavy atom. The number of carboxylic acid groups (broad SMARTS) is 1. The number of nitrogens with two attached hydrogens (primary N) is 1. The van der Waals surface area contributed by atoms with Crippen molar-refractivity contribution < 1.29 is 29.6 Å². The second-order valence-corrected chi connectivity index (χ2v) is 6.13. The number of fused-ring (bicyclic) bond motifs is 1. The molecular weight excluding hydrogens is 400 g/mol. The standard InChI is InChI=1S/C13H15ClN8O6/c14-13-18-9(15)7-10(19-13)22(3-17-7)11-8(24)6(20-21-16)5(28-11)2-27-4(1-23)12(25)26/h3-6,8,11,23-24H,1-2H2,(H,25,26)(H2,15,18,19)/t4?,5-,6?,8-,11-/m1/s1. The van der Waals surface area contributed by atoms with Crippen LogP contribution in [0.3, 0.4) is 0 Å². The van der Waals surface area contributed by atoms with Gasteiger partial charge in [-0.2, -0.15) is 9.97 Å². The molecule has 0 aliphatic carbocycles. The molecule has 5 atom stereocenters. The average Bonchev–Trinajstić information content (AvgIpc) is 3.18. The highest BCUT2D eigenvalue weighted by Crippen LogP contribution is 2.34. The van der Waals surface area contributed by atoms with Crippen LogP contribution in [0.5, 0.6) is 0 Å². The van der Waals surface area contributed by atoms with Gasteiger partial charge < -0.3 is 30.5 Å². The lowest BCUT2D eigenvalue weighted by Crippen LogP contribution is -2.36. The van der Waals surface area contributed by atoms with E-state index in [0.717, 1.165) is 0 Å². The van der Waals surface area contributed by atoms with Crippen molar-refractivity contribution >= 4 is 34.6 Å². The molecule has 0 aromatic carbocycles. The zero-order valence-electron chi connectivity index (χ0n) is 14.0. The number of nitrogen functional groups attached to an aromatic ring is 1. The predicted molar refractivity (Wildman–Crippen MR) is 92.1 cm³/mol. The lowest BCUT2D eigenvalue weighted by Gasteiger charge is -2.18. The van der Waals surface area contributed by atoms with Crippen LogP contribution in [0.1, 0.15) is 6.23 Å². The molecule has 1 aliphatic rings. The number of imidazole rings is 1. The third kappa shape index (κ3) is 3.64. The van der Waals surface area contributed by atoms with Gasteiger partial charge in [0.2, 0.25) is 5.28 Å². The van der Waals surface area contributed by atoms with E-state index in [9.17, 15) is 9.90 Å². The van der Waals surface area contributed by atoms with E-state index < -0.39 is 43.2 Å². The number of rotatable bonds is 7. The predicted octanol–water partition coefficient (Wildman–Crippen LogP) is -0.539.